The highest BCUT2D eigenvalue weighted by Gasteiger charge is 2.29. The molecule has 0 spiro atoms. The molecule has 1 saturated carbocycles. The molecule has 6 rings (SSSR count). The summed E-state index contributed by atoms with van der Waals surface area (Å²) in [6.07, 6.45) is 15.1. The summed E-state index contributed by atoms with van der Waals surface area (Å²) in [6.45, 7) is 5.47. The van der Waals surface area contributed by atoms with Gasteiger partial charge in [-0.05, 0) is 94.0 Å². The van der Waals surface area contributed by atoms with Crippen LogP contribution in [-0.4, -0.2) is 69.5 Å². The minimum absolute atomic E-state index is 0.157. The zero-order chi connectivity index (χ0) is 22.9. The second-order valence-corrected chi connectivity index (χ2v) is 10.6. The first-order valence-electron chi connectivity index (χ1n) is 13.2. The van der Waals surface area contributed by atoms with Crippen molar-refractivity contribution >= 4 is 28.0 Å². The molecule has 0 bridgehead atoms. The number of likely N-dealkylation sites (tertiary alicyclic amines) is 2. The first-order chi connectivity index (χ1) is 16.7. The van der Waals surface area contributed by atoms with E-state index in [4.69, 9.17) is 0 Å². The van der Waals surface area contributed by atoms with E-state index in [1.165, 1.54) is 49.8 Å². The summed E-state index contributed by atoms with van der Waals surface area (Å²) in [5, 5.41) is 5.78. The summed E-state index contributed by atoms with van der Waals surface area (Å²) in [5.74, 6) is 1.14. The number of piperidine rings is 1. The Hall–Kier alpha value is -2.67. The van der Waals surface area contributed by atoms with Gasteiger partial charge in [0, 0.05) is 48.8 Å². The standard InChI is InChI=1S/C27H36N6O/c34-27(33-15-3-4-19(18-33)17-32-13-1-2-14-32)31-21-7-5-20(6-8-21)22-9-11-28-24-16-30-26-23(25(22)24)10-12-29-26/h9-12,16,19-21,28H,1-8,13-15,17-18H2,(H,31,34). The van der Waals surface area contributed by atoms with Crippen LogP contribution in [0.5, 0.6) is 0 Å². The summed E-state index contributed by atoms with van der Waals surface area (Å²) in [7, 11) is 0. The topological polar surface area (TPSA) is 77.1 Å². The normalized spacial score (nSPS) is 26.4. The van der Waals surface area contributed by atoms with E-state index in [0.29, 0.717) is 11.8 Å². The number of carbonyl (C=O) groups is 1. The number of aromatic nitrogens is 3. The van der Waals surface area contributed by atoms with Crippen molar-refractivity contribution in [1.82, 2.24) is 30.1 Å². The summed E-state index contributed by atoms with van der Waals surface area (Å²) >= 11 is 0. The third-order valence-electron chi connectivity index (χ3n) is 8.34. The predicted molar refractivity (Wildman–Crippen MR) is 135 cm³/mol. The first kappa shape index (κ1) is 21.8. The molecule has 2 N–H and O–H groups in total. The molecule has 180 valence electrons. The number of amides is 2. The van der Waals surface area contributed by atoms with E-state index in [1.807, 2.05) is 18.6 Å². The van der Waals surface area contributed by atoms with Gasteiger partial charge in [-0.3, -0.25) is 0 Å². The van der Waals surface area contributed by atoms with E-state index in [9.17, 15) is 4.79 Å². The van der Waals surface area contributed by atoms with Gasteiger partial charge in [0.15, 0.2) is 5.65 Å². The van der Waals surface area contributed by atoms with Crippen molar-refractivity contribution in [3.8, 4) is 0 Å². The highest BCUT2D eigenvalue weighted by molar-refractivity contribution is 6.05. The molecule has 0 aromatic carbocycles. The van der Waals surface area contributed by atoms with Gasteiger partial charge in [0.05, 0.1) is 11.7 Å². The number of rotatable bonds is 4. The monoisotopic (exact) mass is 460 g/mol. The van der Waals surface area contributed by atoms with Crippen molar-refractivity contribution in [3.63, 3.8) is 0 Å². The Balaban J connectivity index is 1.07. The van der Waals surface area contributed by atoms with Crippen molar-refractivity contribution < 1.29 is 4.79 Å². The molecular weight excluding hydrogens is 424 g/mol. The number of pyridine rings is 2. The lowest BCUT2D eigenvalue weighted by atomic mass is 9.80. The minimum atomic E-state index is 0.157. The molecule has 3 aliphatic rings. The predicted octanol–water partition coefficient (Wildman–Crippen LogP) is 4.65. The summed E-state index contributed by atoms with van der Waals surface area (Å²) < 4.78 is 0. The number of nitrogens with one attached hydrogen (secondary N) is 2. The summed E-state index contributed by atoms with van der Waals surface area (Å²) in [6, 6.07) is 4.74. The number of hydrogen-bond acceptors (Lipinski definition) is 4. The molecular formula is C27H36N6O. The first-order valence-corrected chi connectivity index (χ1v) is 13.2. The lowest BCUT2D eigenvalue weighted by Gasteiger charge is -2.36. The Bertz CT molecular complexity index is 1140. The lowest BCUT2D eigenvalue weighted by Crippen LogP contribution is -2.50. The van der Waals surface area contributed by atoms with E-state index in [0.717, 1.165) is 61.7 Å². The van der Waals surface area contributed by atoms with Crippen molar-refractivity contribution in [2.45, 2.75) is 63.3 Å². The quantitative estimate of drug-likeness (QED) is 0.594. The zero-order valence-electron chi connectivity index (χ0n) is 20.0. The average Bonchev–Trinajstić information content (AvgIpc) is 3.56. The van der Waals surface area contributed by atoms with Gasteiger partial charge in [0.25, 0.3) is 0 Å². The van der Waals surface area contributed by atoms with E-state index in [1.54, 1.807) is 0 Å². The average molecular weight is 461 g/mol. The second kappa shape index (κ2) is 9.53. The lowest BCUT2D eigenvalue weighted by molar-refractivity contribution is 0.142. The Labute approximate surface area is 201 Å². The maximum atomic E-state index is 13.1. The van der Waals surface area contributed by atoms with Gasteiger partial charge < -0.3 is 20.1 Å². The van der Waals surface area contributed by atoms with Crippen LogP contribution in [0.1, 0.15) is 62.8 Å². The third-order valence-corrected chi connectivity index (χ3v) is 8.34. The van der Waals surface area contributed by atoms with Crippen LogP contribution in [0.4, 0.5) is 4.79 Å². The number of aromatic amines is 1. The molecule has 3 aromatic rings. The number of H-pyrrole nitrogens is 1. The number of hydrogen-bond donors (Lipinski definition) is 2. The van der Waals surface area contributed by atoms with Crippen molar-refractivity contribution in [3.05, 3.63) is 36.3 Å². The molecule has 3 aromatic heterocycles. The maximum absolute atomic E-state index is 13.1. The smallest absolute Gasteiger partial charge is 0.317 e. The van der Waals surface area contributed by atoms with Crippen LogP contribution in [0.25, 0.3) is 21.9 Å². The Kier molecular flexibility index (Phi) is 6.12. The van der Waals surface area contributed by atoms with E-state index in [-0.39, 0.29) is 12.1 Å². The minimum Gasteiger partial charge on any atom is -0.360 e. The molecule has 1 atom stereocenters. The van der Waals surface area contributed by atoms with Gasteiger partial charge in [0.2, 0.25) is 0 Å². The molecule has 1 unspecified atom stereocenters. The van der Waals surface area contributed by atoms with Crippen LogP contribution in [0.2, 0.25) is 0 Å². The molecule has 3 fully saturated rings. The molecule has 0 radical (unpaired) electrons. The Morgan fingerprint density at radius 3 is 2.74 bits per heavy atom. The van der Waals surface area contributed by atoms with E-state index in [2.05, 4.69) is 42.2 Å². The molecule has 34 heavy (non-hydrogen) atoms. The van der Waals surface area contributed by atoms with Crippen LogP contribution in [-0.2, 0) is 0 Å². The second-order valence-electron chi connectivity index (χ2n) is 10.6. The Morgan fingerprint density at radius 2 is 1.88 bits per heavy atom. The van der Waals surface area contributed by atoms with Crippen LogP contribution >= 0.6 is 0 Å². The largest absolute Gasteiger partial charge is 0.360 e. The number of carbonyl (C=O) groups excluding carboxylic acids is 1. The molecule has 1 aliphatic carbocycles. The molecule has 5 heterocycles. The summed E-state index contributed by atoms with van der Waals surface area (Å²) in [5.41, 5.74) is 3.28. The van der Waals surface area contributed by atoms with Crippen molar-refractivity contribution in [2.75, 3.05) is 32.7 Å². The number of nitrogens with zero attached hydrogens (tertiary/aromatic N) is 4. The van der Waals surface area contributed by atoms with Crippen LogP contribution in [0.15, 0.2) is 30.7 Å². The van der Waals surface area contributed by atoms with Crippen molar-refractivity contribution in [2.24, 2.45) is 5.92 Å². The van der Waals surface area contributed by atoms with Crippen LogP contribution < -0.4 is 5.32 Å². The van der Waals surface area contributed by atoms with Gasteiger partial charge in [0.1, 0.15) is 0 Å². The van der Waals surface area contributed by atoms with E-state index >= 15 is 0 Å². The van der Waals surface area contributed by atoms with Gasteiger partial charge in [-0.25, -0.2) is 14.8 Å². The van der Waals surface area contributed by atoms with Crippen LogP contribution in [0, 0.1) is 5.92 Å². The van der Waals surface area contributed by atoms with E-state index < -0.39 is 0 Å². The number of urea groups is 1. The fourth-order valence-electron chi connectivity index (χ4n) is 6.57. The molecule has 7 nitrogen and oxygen atoms in total. The Morgan fingerprint density at radius 1 is 1.03 bits per heavy atom. The third kappa shape index (κ3) is 4.38. The molecule has 2 amide bonds. The zero-order valence-corrected chi connectivity index (χ0v) is 20.0. The van der Waals surface area contributed by atoms with Crippen LogP contribution in [0.3, 0.4) is 0 Å². The molecule has 2 saturated heterocycles. The van der Waals surface area contributed by atoms with Gasteiger partial charge in [-0.1, -0.05) is 0 Å². The fourth-order valence-corrected chi connectivity index (χ4v) is 6.57. The molecule has 2 aliphatic heterocycles. The number of fused-ring (bicyclic) bond motifs is 3. The summed E-state index contributed by atoms with van der Waals surface area (Å²) in [4.78, 5) is 30.0. The SMILES string of the molecule is O=C(NC1CCC(c2cc[nH]c3cnc4nccc4c23)CC1)N1CCCC(CN2CCCC2)C1. The highest BCUT2D eigenvalue weighted by atomic mass is 16.2. The molecule has 7 heteroatoms. The van der Waals surface area contributed by atoms with Gasteiger partial charge in [-0.2, -0.15) is 0 Å². The maximum Gasteiger partial charge on any atom is 0.317 e. The fraction of sp³-hybridized carbons (Fsp3) is 0.593. The van der Waals surface area contributed by atoms with Gasteiger partial charge in [-0.15, -0.1) is 0 Å². The highest BCUT2D eigenvalue weighted by Crippen LogP contribution is 2.38. The van der Waals surface area contributed by atoms with Crippen molar-refractivity contribution in [1.29, 1.82) is 0 Å². The van der Waals surface area contributed by atoms with Gasteiger partial charge >= 0.3 is 6.03 Å².